The summed E-state index contributed by atoms with van der Waals surface area (Å²) in [6.45, 7) is 0.455. The molecular weight excluding hydrogens is 406 g/mol. The molecule has 0 radical (unpaired) electrons. The smallest absolute Gasteiger partial charge is 0.416 e. The number of hydrogen-bond donors (Lipinski definition) is 1. The number of benzene rings is 1. The summed E-state index contributed by atoms with van der Waals surface area (Å²) in [5, 5.41) is 2.85. The van der Waals surface area contributed by atoms with Gasteiger partial charge in [-0.3, -0.25) is 19.8 Å². The van der Waals surface area contributed by atoms with E-state index in [0.29, 0.717) is 35.9 Å². The van der Waals surface area contributed by atoms with E-state index < -0.39 is 5.92 Å². The quantitative estimate of drug-likeness (QED) is 0.755. The van der Waals surface area contributed by atoms with Crippen molar-refractivity contribution in [3.63, 3.8) is 0 Å². The van der Waals surface area contributed by atoms with Crippen molar-refractivity contribution in [2.24, 2.45) is 0 Å². The zero-order valence-corrected chi connectivity index (χ0v) is 16.9. The number of aromatic nitrogens is 1. The van der Waals surface area contributed by atoms with Crippen LogP contribution in [0.2, 0.25) is 5.02 Å². The van der Waals surface area contributed by atoms with Crippen molar-refractivity contribution in [3.8, 4) is 11.1 Å². The van der Waals surface area contributed by atoms with Gasteiger partial charge in [0.1, 0.15) is 5.82 Å². The summed E-state index contributed by atoms with van der Waals surface area (Å²) in [5.41, 5.74) is 2.08. The SMILES string of the molecule is O=C1CCC(c2cccc(-c3ccc(N4C(=O)OCCC45CC5)nc3)c2Cl)C(=O)N1. The van der Waals surface area contributed by atoms with Crippen LogP contribution >= 0.6 is 11.6 Å². The highest BCUT2D eigenvalue weighted by Crippen LogP contribution is 2.48. The first-order valence-corrected chi connectivity index (χ1v) is 10.4. The molecule has 1 spiro atoms. The van der Waals surface area contributed by atoms with Crippen LogP contribution in [-0.2, 0) is 14.3 Å². The van der Waals surface area contributed by atoms with E-state index in [1.54, 1.807) is 17.2 Å². The molecule has 1 N–H and O–H groups in total. The summed E-state index contributed by atoms with van der Waals surface area (Å²) < 4.78 is 5.22. The zero-order chi connectivity index (χ0) is 20.9. The molecule has 3 amide bonds. The number of nitrogens with zero attached hydrogens (tertiary/aromatic N) is 2. The number of ether oxygens (including phenoxy) is 1. The maximum absolute atomic E-state index is 12.3. The first-order chi connectivity index (χ1) is 14.5. The third-order valence-electron chi connectivity index (χ3n) is 6.21. The molecule has 2 saturated heterocycles. The second kappa shape index (κ2) is 7.09. The minimum Gasteiger partial charge on any atom is -0.449 e. The Hall–Kier alpha value is -2.93. The summed E-state index contributed by atoms with van der Waals surface area (Å²) >= 11 is 6.67. The van der Waals surface area contributed by atoms with E-state index in [1.807, 2.05) is 24.3 Å². The molecule has 1 atom stereocenters. The molecule has 8 heteroatoms. The van der Waals surface area contributed by atoms with Crippen molar-refractivity contribution >= 4 is 35.3 Å². The van der Waals surface area contributed by atoms with Gasteiger partial charge >= 0.3 is 6.09 Å². The second-order valence-corrected chi connectivity index (χ2v) is 8.42. The van der Waals surface area contributed by atoms with Crippen molar-refractivity contribution < 1.29 is 19.1 Å². The Morgan fingerprint density at radius 1 is 1.13 bits per heavy atom. The van der Waals surface area contributed by atoms with Gasteiger partial charge in [-0.25, -0.2) is 9.78 Å². The molecular formula is C22H20ClN3O4. The minimum absolute atomic E-state index is 0.146. The van der Waals surface area contributed by atoms with Gasteiger partial charge in [-0.2, -0.15) is 0 Å². The fourth-order valence-corrected chi connectivity index (χ4v) is 4.73. The van der Waals surface area contributed by atoms with Crippen LogP contribution in [0.1, 0.15) is 43.6 Å². The van der Waals surface area contributed by atoms with E-state index in [-0.39, 0.29) is 23.4 Å². The number of piperidine rings is 1. The molecule has 1 aromatic carbocycles. The van der Waals surface area contributed by atoms with Gasteiger partial charge in [0, 0.05) is 30.2 Å². The van der Waals surface area contributed by atoms with Crippen LogP contribution in [0.5, 0.6) is 0 Å². The summed E-state index contributed by atoms with van der Waals surface area (Å²) in [7, 11) is 0. The average molecular weight is 426 g/mol. The van der Waals surface area contributed by atoms with Gasteiger partial charge in [-0.15, -0.1) is 0 Å². The Balaban J connectivity index is 1.45. The fraction of sp³-hybridized carbons (Fsp3) is 0.364. The van der Waals surface area contributed by atoms with Gasteiger partial charge in [0.2, 0.25) is 11.8 Å². The molecule has 3 aliphatic rings. The fourth-order valence-electron chi connectivity index (χ4n) is 4.36. The molecule has 0 bridgehead atoms. The van der Waals surface area contributed by atoms with Gasteiger partial charge in [-0.1, -0.05) is 29.8 Å². The lowest BCUT2D eigenvalue weighted by Crippen LogP contribution is -2.48. The van der Waals surface area contributed by atoms with Crippen molar-refractivity contribution in [3.05, 3.63) is 47.1 Å². The number of carbonyl (C=O) groups is 3. The Bertz CT molecular complexity index is 1050. The monoisotopic (exact) mass is 425 g/mol. The van der Waals surface area contributed by atoms with Crippen molar-refractivity contribution in [2.75, 3.05) is 11.5 Å². The normalized spacial score (nSPS) is 22.6. The van der Waals surface area contributed by atoms with Gasteiger partial charge in [0.25, 0.3) is 0 Å². The van der Waals surface area contributed by atoms with E-state index in [0.717, 1.165) is 30.4 Å². The maximum atomic E-state index is 12.3. The molecule has 30 heavy (non-hydrogen) atoms. The van der Waals surface area contributed by atoms with Crippen LogP contribution < -0.4 is 10.2 Å². The lowest BCUT2D eigenvalue weighted by atomic mass is 9.88. The van der Waals surface area contributed by atoms with Gasteiger partial charge in [0.15, 0.2) is 0 Å². The summed E-state index contributed by atoms with van der Waals surface area (Å²) in [6, 6.07) is 9.20. The third-order valence-corrected chi connectivity index (χ3v) is 6.63. The predicted molar refractivity (Wildman–Crippen MR) is 110 cm³/mol. The van der Waals surface area contributed by atoms with Crippen molar-refractivity contribution in [1.82, 2.24) is 10.3 Å². The van der Waals surface area contributed by atoms with Crippen LogP contribution in [0.3, 0.4) is 0 Å². The lowest BCUT2D eigenvalue weighted by molar-refractivity contribution is -0.134. The van der Waals surface area contributed by atoms with Gasteiger partial charge < -0.3 is 4.74 Å². The number of nitrogens with one attached hydrogen (secondary N) is 1. The minimum atomic E-state index is -0.458. The number of hydrogen-bond acceptors (Lipinski definition) is 5. The number of pyridine rings is 1. The standard InChI is InChI=1S/C22H20ClN3O4/c23-19-14(2-1-3-15(19)16-5-7-18(27)25-20(16)28)13-4-6-17(24-12-13)26-21(29)30-11-10-22(26)8-9-22/h1-4,6,12,16H,5,7-11H2,(H,25,27,28). The van der Waals surface area contributed by atoms with E-state index in [2.05, 4.69) is 10.3 Å². The molecule has 2 aromatic rings. The third kappa shape index (κ3) is 3.13. The molecule has 3 heterocycles. The largest absolute Gasteiger partial charge is 0.449 e. The molecule has 1 aliphatic carbocycles. The molecule has 7 nitrogen and oxygen atoms in total. The van der Waals surface area contributed by atoms with Crippen LogP contribution in [0.4, 0.5) is 10.6 Å². The van der Waals surface area contributed by atoms with Crippen LogP contribution in [0, 0.1) is 0 Å². The Morgan fingerprint density at radius 2 is 1.97 bits per heavy atom. The number of anilines is 1. The maximum Gasteiger partial charge on any atom is 0.416 e. The van der Waals surface area contributed by atoms with Crippen molar-refractivity contribution in [2.45, 2.75) is 43.6 Å². The number of amides is 3. The first kappa shape index (κ1) is 19.1. The summed E-state index contributed by atoms with van der Waals surface area (Å²) in [6.07, 6.45) is 4.81. The van der Waals surface area contributed by atoms with Crippen LogP contribution in [-0.4, -0.2) is 35.0 Å². The van der Waals surface area contributed by atoms with Crippen LogP contribution in [0.25, 0.3) is 11.1 Å². The second-order valence-electron chi connectivity index (χ2n) is 8.04. The number of carbonyl (C=O) groups excluding carboxylic acids is 3. The topological polar surface area (TPSA) is 88.6 Å². The molecule has 1 unspecified atom stereocenters. The lowest BCUT2D eigenvalue weighted by Gasteiger charge is -2.34. The van der Waals surface area contributed by atoms with E-state index in [9.17, 15) is 14.4 Å². The molecule has 1 aromatic heterocycles. The molecule has 2 aliphatic heterocycles. The number of imide groups is 1. The predicted octanol–water partition coefficient (Wildman–Crippen LogP) is 3.80. The Morgan fingerprint density at radius 3 is 2.67 bits per heavy atom. The number of rotatable bonds is 3. The summed E-state index contributed by atoms with van der Waals surface area (Å²) in [5.74, 6) is -0.469. The Labute approximate surface area is 178 Å². The van der Waals surface area contributed by atoms with E-state index in [1.165, 1.54) is 0 Å². The molecule has 154 valence electrons. The first-order valence-electron chi connectivity index (χ1n) is 10.0. The Kier molecular flexibility index (Phi) is 4.50. The highest BCUT2D eigenvalue weighted by Gasteiger charge is 2.54. The molecule has 3 fully saturated rings. The number of halogens is 1. The highest BCUT2D eigenvalue weighted by atomic mass is 35.5. The van der Waals surface area contributed by atoms with E-state index >= 15 is 0 Å². The van der Waals surface area contributed by atoms with Crippen LogP contribution in [0.15, 0.2) is 36.5 Å². The van der Waals surface area contributed by atoms with E-state index in [4.69, 9.17) is 16.3 Å². The molecule has 1 saturated carbocycles. The average Bonchev–Trinajstić information content (AvgIpc) is 3.49. The van der Waals surface area contributed by atoms with Gasteiger partial charge in [-0.05, 0) is 37.0 Å². The molecule has 5 rings (SSSR count). The summed E-state index contributed by atoms with van der Waals surface area (Å²) in [4.78, 5) is 42.2. The highest BCUT2D eigenvalue weighted by molar-refractivity contribution is 6.34. The zero-order valence-electron chi connectivity index (χ0n) is 16.2. The van der Waals surface area contributed by atoms with Gasteiger partial charge in [0.05, 0.1) is 23.1 Å². The van der Waals surface area contributed by atoms with Crippen molar-refractivity contribution in [1.29, 1.82) is 0 Å². The number of cyclic esters (lactones) is 1.